The Balaban J connectivity index is 2.08. The standard InChI is InChI=1S/C13H14O3S/c14-12-6-3-5-9(12)11-8-17(15,16)13-7-2-1-4-10(11)13/h1-2,4,7,9,11H,3,5-6,8H2. The van der Waals surface area contributed by atoms with Crippen molar-refractivity contribution in [3.05, 3.63) is 29.8 Å². The third-order valence-corrected chi connectivity index (χ3v) is 5.73. The summed E-state index contributed by atoms with van der Waals surface area (Å²) in [6.45, 7) is 0. The van der Waals surface area contributed by atoms with Crippen LogP contribution in [0.4, 0.5) is 0 Å². The van der Waals surface area contributed by atoms with Gasteiger partial charge in [0.2, 0.25) is 0 Å². The number of carbonyl (C=O) groups is 1. The molecule has 0 radical (unpaired) electrons. The molecule has 1 fully saturated rings. The number of rotatable bonds is 1. The normalized spacial score (nSPS) is 30.5. The van der Waals surface area contributed by atoms with E-state index in [9.17, 15) is 13.2 Å². The fraction of sp³-hybridized carbons (Fsp3) is 0.462. The third-order valence-electron chi connectivity index (χ3n) is 3.89. The largest absolute Gasteiger partial charge is 0.299 e. The monoisotopic (exact) mass is 250 g/mol. The van der Waals surface area contributed by atoms with Gasteiger partial charge in [0.1, 0.15) is 5.78 Å². The van der Waals surface area contributed by atoms with Gasteiger partial charge in [0, 0.05) is 18.3 Å². The molecular weight excluding hydrogens is 236 g/mol. The quantitative estimate of drug-likeness (QED) is 0.765. The molecule has 2 unspecified atom stereocenters. The lowest BCUT2D eigenvalue weighted by Crippen LogP contribution is -2.18. The molecule has 90 valence electrons. The summed E-state index contributed by atoms with van der Waals surface area (Å²) in [5.41, 5.74) is 0.854. The zero-order valence-corrected chi connectivity index (χ0v) is 10.2. The topological polar surface area (TPSA) is 51.2 Å². The van der Waals surface area contributed by atoms with Crippen LogP contribution in [0.3, 0.4) is 0 Å². The molecule has 1 aromatic carbocycles. The van der Waals surface area contributed by atoms with Crippen LogP contribution in [0.25, 0.3) is 0 Å². The van der Waals surface area contributed by atoms with Gasteiger partial charge in [-0.15, -0.1) is 0 Å². The van der Waals surface area contributed by atoms with Gasteiger partial charge in [-0.05, 0) is 24.5 Å². The second-order valence-corrected chi connectivity index (χ2v) is 6.89. The summed E-state index contributed by atoms with van der Waals surface area (Å²) in [6, 6.07) is 7.11. The number of benzene rings is 1. The molecule has 0 aromatic heterocycles. The lowest BCUT2D eigenvalue weighted by Gasteiger charge is -2.16. The number of sulfone groups is 1. The molecule has 1 heterocycles. The lowest BCUT2D eigenvalue weighted by atomic mass is 9.86. The maximum atomic E-state index is 12.0. The number of ketones is 1. The summed E-state index contributed by atoms with van der Waals surface area (Å²) in [5.74, 6) is 0.171. The zero-order valence-electron chi connectivity index (χ0n) is 9.43. The molecule has 2 aliphatic rings. The second-order valence-electron chi connectivity index (χ2n) is 4.89. The minimum atomic E-state index is -3.17. The fourth-order valence-electron chi connectivity index (χ4n) is 3.09. The summed E-state index contributed by atoms with van der Waals surface area (Å²) >= 11 is 0. The van der Waals surface area contributed by atoms with Gasteiger partial charge in [-0.1, -0.05) is 18.2 Å². The van der Waals surface area contributed by atoms with Crippen LogP contribution < -0.4 is 0 Å². The average Bonchev–Trinajstić information content (AvgIpc) is 2.82. The van der Waals surface area contributed by atoms with E-state index >= 15 is 0 Å². The Labute approximate surface area is 101 Å². The first-order chi connectivity index (χ1) is 8.09. The molecule has 0 N–H and O–H groups in total. The molecule has 0 amide bonds. The molecule has 0 saturated heterocycles. The smallest absolute Gasteiger partial charge is 0.179 e. The fourth-order valence-corrected chi connectivity index (χ4v) is 5.02. The van der Waals surface area contributed by atoms with E-state index in [0.717, 1.165) is 18.4 Å². The summed E-state index contributed by atoms with van der Waals surface area (Å²) in [4.78, 5) is 12.2. The van der Waals surface area contributed by atoms with Crippen molar-refractivity contribution in [3.63, 3.8) is 0 Å². The van der Waals surface area contributed by atoms with E-state index in [1.807, 2.05) is 12.1 Å². The Morgan fingerprint density at radius 1 is 1.12 bits per heavy atom. The van der Waals surface area contributed by atoms with E-state index in [1.165, 1.54) is 0 Å². The molecule has 2 atom stereocenters. The van der Waals surface area contributed by atoms with Gasteiger partial charge in [-0.2, -0.15) is 0 Å². The number of hydrogen-bond donors (Lipinski definition) is 0. The number of fused-ring (bicyclic) bond motifs is 1. The minimum Gasteiger partial charge on any atom is -0.299 e. The van der Waals surface area contributed by atoms with Crippen molar-refractivity contribution >= 4 is 15.6 Å². The SMILES string of the molecule is O=C1CCCC1C1CS(=O)(=O)c2ccccc21. The van der Waals surface area contributed by atoms with Crippen molar-refractivity contribution in [1.82, 2.24) is 0 Å². The van der Waals surface area contributed by atoms with E-state index in [1.54, 1.807) is 12.1 Å². The van der Waals surface area contributed by atoms with Gasteiger partial charge in [0.05, 0.1) is 10.6 Å². The predicted molar refractivity (Wildman–Crippen MR) is 63.6 cm³/mol. The van der Waals surface area contributed by atoms with Crippen molar-refractivity contribution in [1.29, 1.82) is 0 Å². The van der Waals surface area contributed by atoms with Crippen LogP contribution in [0, 0.1) is 5.92 Å². The zero-order chi connectivity index (χ0) is 12.0. The molecule has 4 heteroatoms. The van der Waals surface area contributed by atoms with Crippen molar-refractivity contribution in [2.45, 2.75) is 30.1 Å². The highest BCUT2D eigenvalue weighted by molar-refractivity contribution is 7.91. The van der Waals surface area contributed by atoms with Crippen LogP contribution in [-0.2, 0) is 14.6 Å². The van der Waals surface area contributed by atoms with Crippen LogP contribution in [-0.4, -0.2) is 20.0 Å². The van der Waals surface area contributed by atoms with Crippen LogP contribution in [0.2, 0.25) is 0 Å². The molecule has 0 spiro atoms. The molecule has 1 saturated carbocycles. The number of carbonyl (C=O) groups excluding carboxylic acids is 1. The number of hydrogen-bond acceptors (Lipinski definition) is 3. The number of Topliss-reactive ketones (excluding diaryl/α,β-unsaturated/α-hetero) is 1. The van der Waals surface area contributed by atoms with Crippen LogP contribution >= 0.6 is 0 Å². The third kappa shape index (κ3) is 1.62. The Kier molecular flexibility index (Phi) is 2.36. The van der Waals surface area contributed by atoms with E-state index in [4.69, 9.17) is 0 Å². The molecule has 0 bridgehead atoms. The van der Waals surface area contributed by atoms with E-state index < -0.39 is 9.84 Å². The van der Waals surface area contributed by atoms with Crippen molar-refractivity contribution < 1.29 is 13.2 Å². The van der Waals surface area contributed by atoms with Crippen LogP contribution in [0.5, 0.6) is 0 Å². The van der Waals surface area contributed by atoms with Gasteiger partial charge >= 0.3 is 0 Å². The van der Waals surface area contributed by atoms with Crippen molar-refractivity contribution in [3.8, 4) is 0 Å². The summed E-state index contributed by atoms with van der Waals surface area (Å²) in [7, 11) is -3.17. The Bertz CT molecular complexity index is 574. The highest BCUT2D eigenvalue weighted by Crippen LogP contribution is 2.43. The molecule has 1 aromatic rings. The molecule has 17 heavy (non-hydrogen) atoms. The molecule has 1 aliphatic heterocycles. The Morgan fingerprint density at radius 2 is 1.88 bits per heavy atom. The van der Waals surface area contributed by atoms with Gasteiger partial charge in [-0.25, -0.2) is 8.42 Å². The maximum absolute atomic E-state index is 12.0. The maximum Gasteiger partial charge on any atom is 0.179 e. The first kappa shape index (κ1) is 11.0. The van der Waals surface area contributed by atoms with Gasteiger partial charge < -0.3 is 0 Å². The minimum absolute atomic E-state index is 0.0755. The van der Waals surface area contributed by atoms with E-state index in [-0.39, 0.29) is 23.4 Å². The Morgan fingerprint density at radius 3 is 2.59 bits per heavy atom. The molecule has 3 rings (SSSR count). The first-order valence-electron chi connectivity index (χ1n) is 5.94. The van der Waals surface area contributed by atoms with Crippen molar-refractivity contribution in [2.24, 2.45) is 5.92 Å². The van der Waals surface area contributed by atoms with Crippen molar-refractivity contribution in [2.75, 3.05) is 5.75 Å². The Hall–Kier alpha value is -1.16. The van der Waals surface area contributed by atoms with Crippen LogP contribution in [0.1, 0.15) is 30.7 Å². The summed E-state index contributed by atoms with van der Waals surface area (Å²) in [5, 5.41) is 0. The molecule has 1 aliphatic carbocycles. The van der Waals surface area contributed by atoms with Gasteiger partial charge in [0.25, 0.3) is 0 Å². The first-order valence-corrected chi connectivity index (χ1v) is 7.59. The van der Waals surface area contributed by atoms with E-state index in [0.29, 0.717) is 11.3 Å². The summed E-state index contributed by atoms with van der Waals surface area (Å²) in [6.07, 6.45) is 2.36. The lowest BCUT2D eigenvalue weighted by molar-refractivity contribution is -0.121. The highest BCUT2D eigenvalue weighted by atomic mass is 32.2. The highest BCUT2D eigenvalue weighted by Gasteiger charge is 2.42. The summed E-state index contributed by atoms with van der Waals surface area (Å²) < 4.78 is 24.0. The van der Waals surface area contributed by atoms with Crippen LogP contribution in [0.15, 0.2) is 29.2 Å². The van der Waals surface area contributed by atoms with Gasteiger partial charge in [0.15, 0.2) is 9.84 Å². The average molecular weight is 250 g/mol. The molecular formula is C13H14O3S. The predicted octanol–water partition coefficient (Wildman–Crippen LogP) is 1.93. The molecule has 3 nitrogen and oxygen atoms in total. The van der Waals surface area contributed by atoms with E-state index in [2.05, 4.69) is 0 Å². The second kappa shape index (κ2) is 3.67. The van der Waals surface area contributed by atoms with Gasteiger partial charge in [-0.3, -0.25) is 4.79 Å².